The smallest absolute Gasteiger partial charge is 0.254 e. The number of amides is 1. The van der Waals surface area contributed by atoms with E-state index < -0.39 is 0 Å². The van der Waals surface area contributed by atoms with Gasteiger partial charge in [0.1, 0.15) is 0 Å². The number of nitrogens with zero attached hydrogens (tertiary/aromatic N) is 3. The van der Waals surface area contributed by atoms with Gasteiger partial charge in [0.05, 0.1) is 5.56 Å². The molecule has 0 bridgehead atoms. The average Bonchev–Trinajstić information content (AvgIpc) is 3.09. The number of piperidine rings is 1. The van der Waals surface area contributed by atoms with Crippen molar-refractivity contribution in [2.75, 3.05) is 13.1 Å². The summed E-state index contributed by atoms with van der Waals surface area (Å²) in [6.07, 6.45) is 1.99. The molecular formula is C13H15N3O2S. The maximum Gasteiger partial charge on any atom is 0.254 e. The molecule has 0 aliphatic carbocycles. The zero-order chi connectivity index (χ0) is 13.2. The van der Waals surface area contributed by atoms with Crippen molar-refractivity contribution < 1.29 is 9.32 Å². The zero-order valence-corrected chi connectivity index (χ0v) is 11.5. The fourth-order valence-corrected chi connectivity index (χ4v) is 3.05. The molecule has 0 aromatic carbocycles. The highest BCUT2D eigenvalue weighted by atomic mass is 32.1. The Morgan fingerprint density at radius 3 is 3.16 bits per heavy atom. The highest BCUT2D eigenvalue weighted by Crippen LogP contribution is 2.26. The molecule has 2 aromatic rings. The fourth-order valence-electron chi connectivity index (χ4n) is 2.42. The van der Waals surface area contributed by atoms with Crippen molar-refractivity contribution in [3.8, 4) is 0 Å². The number of carbonyl (C=O) groups is 1. The normalized spacial score (nSPS) is 19.6. The monoisotopic (exact) mass is 277 g/mol. The number of hydrogen-bond donors (Lipinski definition) is 0. The first-order valence-electron chi connectivity index (χ1n) is 6.35. The minimum absolute atomic E-state index is 0.103. The Bertz CT molecular complexity index is 564. The third kappa shape index (κ3) is 2.53. The Morgan fingerprint density at radius 1 is 1.58 bits per heavy atom. The van der Waals surface area contributed by atoms with Gasteiger partial charge in [0.2, 0.25) is 5.89 Å². The van der Waals surface area contributed by atoms with E-state index in [-0.39, 0.29) is 11.8 Å². The molecule has 5 nitrogen and oxygen atoms in total. The molecule has 1 aliphatic heterocycles. The van der Waals surface area contributed by atoms with E-state index in [0.717, 1.165) is 30.8 Å². The molecule has 3 rings (SSSR count). The van der Waals surface area contributed by atoms with E-state index in [1.807, 2.05) is 21.7 Å². The van der Waals surface area contributed by atoms with E-state index >= 15 is 0 Å². The maximum atomic E-state index is 12.3. The standard InChI is InChI=1S/C13H15N3O2S/c1-9-14-12(15-18-9)10-3-2-5-16(7-10)13(17)11-4-6-19-8-11/h4,6,8,10H,2-3,5,7H2,1H3/t10-/m1/s1. The van der Waals surface area contributed by atoms with Gasteiger partial charge >= 0.3 is 0 Å². The van der Waals surface area contributed by atoms with Gasteiger partial charge in [-0.3, -0.25) is 4.79 Å². The van der Waals surface area contributed by atoms with Gasteiger partial charge < -0.3 is 9.42 Å². The van der Waals surface area contributed by atoms with Crippen molar-refractivity contribution >= 4 is 17.2 Å². The van der Waals surface area contributed by atoms with Crippen LogP contribution in [-0.2, 0) is 0 Å². The summed E-state index contributed by atoms with van der Waals surface area (Å²) in [6.45, 7) is 3.27. The summed E-state index contributed by atoms with van der Waals surface area (Å²) in [5.74, 6) is 1.59. The van der Waals surface area contributed by atoms with E-state index in [4.69, 9.17) is 4.52 Å². The molecule has 6 heteroatoms. The lowest BCUT2D eigenvalue weighted by Crippen LogP contribution is -2.39. The molecule has 1 atom stereocenters. The molecule has 2 aromatic heterocycles. The van der Waals surface area contributed by atoms with Crippen LogP contribution in [0, 0.1) is 6.92 Å². The number of likely N-dealkylation sites (tertiary alicyclic amines) is 1. The molecule has 0 radical (unpaired) electrons. The van der Waals surface area contributed by atoms with Crippen LogP contribution in [-0.4, -0.2) is 34.0 Å². The van der Waals surface area contributed by atoms with Gasteiger partial charge in [-0.05, 0) is 24.3 Å². The molecular weight excluding hydrogens is 262 g/mol. The maximum absolute atomic E-state index is 12.3. The second kappa shape index (κ2) is 5.13. The lowest BCUT2D eigenvalue weighted by molar-refractivity contribution is 0.0704. The summed E-state index contributed by atoms with van der Waals surface area (Å²) in [5, 5.41) is 7.80. The summed E-state index contributed by atoms with van der Waals surface area (Å²) in [5.41, 5.74) is 0.773. The average molecular weight is 277 g/mol. The number of aromatic nitrogens is 2. The lowest BCUT2D eigenvalue weighted by atomic mass is 9.97. The van der Waals surface area contributed by atoms with E-state index in [1.165, 1.54) is 0 Å². The van der Waals surface area contributed by atoms with Crippen LogP contribution in [0.1, 0.15) is 40.8 Å². The van der Waals surface area contributed by atoms with Crippen molar-refractivity contribution in [1.82, 2.24) is 15.0 Å². The van der Waals surface area contributed by atoms with Crippen molar-refractivity contribution in [2.45, 2.75) is 25.7 Å². The Hall–Kier alpha value is -1.69. The van der Waals surface area contributed by atoms with Crippen molar-refractivity contribution in [3.63, 3.8) is 0 Å². The number of aryl methyl sites for hydroxylation is 1. The van der Waals surface area contributed by atoms with Crippen molar-refractivity contribution in [1.29, 1.82) is 0 Å². The van der Waals surface area contributed by atoms with Crippen LogP contribution in [0.3, 0.4) is 0 Å². The molecule has 1 fully saturated rings. The topological polar surface area (TPSA) is 59.2 Å². The van der Waals surface area contributed by atoms with Gasteiger partial charge in [-0.25, -0.2) is 0 Å². The first-order valence-corrected chi connectivity index (χ1v) is 7.30. The van der Waals surface area contributed by atoms with Crippen LogP contribution in [0.5, 0.6) is 0 Å². The van der Waals surface area contributed by atoms with Crippen LogP contribution in [0.4, 0.5) is 0 Å². The van der Waals surface area contributed by atoms with Crippen LogP contribution in [0.2, 0.25) is 0 Å². The van der Waals surface area contributed by atoms with Crippen molar-refractivity contribution in [3.05, 3.63) is 34.1 Å². The van der Waals surface area contributed by atoms with Crippen LogP contribution in [0.15, 0.2) is 21.3 Å². The van der Waals surface area contributed by atoms with Gasteiger partial charge in [0.25, 0.3) is 5.91 Å². The predicted octanol–water partition coefficient (Wildman–Crippen LogP) is 2.46. The molecule has 1 saturated heterocycles. The van der Waals surface area contributed by atoms with E-state index in [1.54, 1.807) is 18.3 Å². The summed E-state index contributed by atoms with van der Waals surface area (Å²) in [4.78, 5) is 18.5. The minimum Gasteiger partial charge on any atom is -0.340 e. The quantitative estimate of drug-likeness (QED) is 0.846. The van der Waals surface area contributed by atoms with E-state index in [9.17, 15) is 4.79 Å². The largest absolute Gasteiger partial charge is 0.340 e. The Balaban J connectivity index is 1.73. The Labute approximate surface area is 115 Å². The molecule has 1 aliphatic rings. The fraction of sp³-hybridized carbons (Fsp3) is 0.462. The summed E-state index contributed by atoms with van der Waals surface area (Å²) >= 11 is 1.55. The molecule has 0 spiro atoms. The van der Waals surface area contributed by atoms with Gasteiger partial charge in [-0.2, -0.15) is 16.3 Å². The molecule has 0 saturated carbocycles. The van der Waals surface area contributed by atoms with Gasteiger partial charge in [0.15, 0.2) is 5.82 Å². The van der Waals surface area contributed by atoms with Crippen molar-refractivity contribution in [2.24, 2.45) is 0 Å². The number of rotatable bonds is 2. The molecule has 3 heterocycles. The summed E-state index contributed by atoms with van der Waals surface area (Å²) < 4.78 is 5.02. The van der Waals surface area contributed by atoms with Gasteiger partial charge in [-0.15, -0.1) is 0 Å². The summed E-state index contributed by atoms with van der Waals surface area (Å²) in [7, 11) is 0. The second-order valence-electron chi connectivity index (χ2n) is 4.77. The highest BCUT2D eigenvalue weighted by Gasteiger charge is 2.28. The zero-order valence-electron chi connectivity index (χ0n) is 10.7. The van der Waals surface area contributed by atoms with Gasteiger partial charge in [-0.1, -0.05) is 5.16 Å². The lowest BCUT2D eigenvalue weighted by Gasteiger charge is -2.31. The minimum atomic E-state index is 0.103. The molecule has 0 unspecified atom stereocenters. The number of hydrogen-bond acceptors (Lipinski definition) is 5. The predicted molar refractivity (Wildman–Crippen MR) is 71.2 cm³/mol. The highest BCUT2D eigenvalue weighted by molar-refractivity contribution is 7.08. The molecule has 0 N–H and O–H groups in total. The third-order valence-electron chi connectivity index (χ3n) is 3.39. The Kier molecular flexibility index (Phi) is 3.33. The molecule has 100 valence electrons. The Morgan fingerprint density at radius 2 is 2.47 bits per heavy atom. The summed E-state index contributed by atoms with van der Waals surface area (Å²) in [6, 6.07) is 1.87. The molecule has 1 amide bonds. The van der Waals surface area contributed by atoms with Crippen LogP contribution in [0.25, 0.3) is 0 Å². The van der Waals surface area contributed by atoms with Gasteiger partial charge in [0, 0.05) is 31.3 Å². The van der Waals surface area contributed by atoms with Crippen LogP contribution >= 0.6 is 11.3 Å². The van der Waals surface area contributed by atoms with Crippen LogP contribution < -0.4 is 0 Å². The van der Waals surface area contributed by atoms with E-state index in [2.05, 4.69) is 10.1 Å². The first-order chi connectivity index (χ1) is 9.24. The first kappa shape index (κ1) is 12.3. The van der Waals surface area contributed by atoms with E-state index in [0.29, 0.717) is 12.4 Å². The second-order valence-corrected chi connectivity index (χ2v) is 5.55. The molecule has 19 heavy (non-hydrogen) atoms. The number of thiophene rings is 1. The third-order valence-corrected chi connectivity index (χ3v) is 4.07. The number of carbonyl (C=O) groups excluding carboxylic acids is 1. The SMILES string of the molecule is Cc1nc([C@@H]2CCCN(C(=O)c3ccsc3)C2)no1.